The first-order chi connectivity index (χ1) is 8.49. The second-order valence-electron chi connectivity index (χ2n) is 4.72. The van der Waals surface area contributed by atoms with Crippen molar-refractivity contribution in [2.24, 2.45) is 0 Å². The Bertz CT molecular complexity index is 356. The van der Waals surface area contributed by atoms with Gasteiger partial charge in [0.05, 0.1) is 6.61 Å². The van der Waals surface area contributed by atoms with Crippen LogP contribution in [0.3, 0.4) is 0 Å². The molecule has 0 aromatic heterocycles. The Balaban J connectivity index is 2.88. The van der Waals surface area contributed by atoms with Crippen LogP contribution in [0.2, 0.25) is 0 Å². The van der Waals surface area contributed by atoms with Gasteiger partial charge in [-0.25, -0.2) is 4.79 Å². The fraction of sp³-hybridized carbons (Fsp3) is 0.692. The van der Waals surface area contributed by atoms with E-state index in [-0.39, 0.29) is 36.2 Å². The van der Waals surface area contributed by atoms with Crippen molar-refractivity contribution in [3.05, 3.63) is 11.1 Å². The fourth-order valence-electron chi connectivity index (χ4n) is 2.31. The number of carbonyl (C=O) groups is 2. The van der Waals surface area contributed by atoms with Crippen molar-refractivity contribution in [3.8, 4) is 0 Å². The first-order valence-corrected chi connectivity index (χ1v) is 6.31. The normalized spacial score (nSPS) is 17.5. The van der Waals surface area contributed by atoms with E-state index in [2.05, 4.69) is 0 Å². The Labute approximate surface area is 107 Å². The molecule has 0 aromatic rings. The lowest BCUT2D eigenvalue weighted by molar-refractivity contribution is -0.134. The van der Waals surface area contributed by atoms with Gasteiger partial charge in [0.15, 0.2) is 0 Å². The Morgan fingerprint density at radius 1 is 1.17 bits per heavy atom. The minimum atomic E-state index is -1.07. The predicted molar refractivity (Wildman–Crippen MR) is 67.1 cm³/mol. The number of aliphatic carboxylic acids is 1. The topological polar surface area (TPSA) is 77.8 Å². The van der Waals surface area contributed by atoms with E-state index >= 15 is 0 Å². The van der Waals surface area contributed by atoms with Crippen molar-refractivity contribution in [2.75, 3.05) is 13.2 Å². The molecule has 1 aliphatic carbocycles. The summed E-state index contributed by atoms with van der Waals surface area (Å²) in [4.78, 5) is 24.7. The molecule has 1 rings (SSSR count). The molecule has 0 aromatic carbocycles. The monoisotopic (exact) mass is 255 g/mol. The zero-order chi connectivity index (χ0) is 13.7. The molecule has 0 bridgehead atoms. The van der Waals surface area contributed by atoms with Crippen molar-refractivity contribution < 1.29 is 19.8 Å². The smallest absolute Gasteiger partial charge is 0.331 e. The second kappa shape index (κ2) is 6.54. The maximum absolute atomic E-state index is 12.3. The molecule has 0 unspecified atom stereocenters. The van der Waals surface area contributed by atoms with Crippen LogP contribution in [0.4, 0.5) is 0 Å². The number of hydrogen-bond acceptors (Lipinski definition) is 3. The number of aliphatic hydroxyl groups excluding tert-OH is 1. The van der Waals surface area contributed by atoms with Crippen LogP contribution in [0.1, 0.15) is 39.5 Å². The molecule has 1 saturated carbocycles. The molecule has 0 atom stereocenters. The maximum Gasteiger partial charge on any atom is 0.331 e. The summed E-state index contributed by atoms with van der Waals surface area (Å²) >= 11 is 0. The van der Waals surface area contributed by atoms with E-state index in [9.17, 15) is 9.59 Å². The van der Waals surface area contributed by atoms with Crippen molar-refractivity contribution in [1.29, 1.82) is 0 Å². The lowest BCUT2D eigenvalue weighted by Gasteiger charge is -2.29. The van der Waals surface area contributed by atoms with E-state index in [0.717, 1.165) is 25.7 Å². The Morgan fingerprint density at radius 2 is 1.72 bits per heavy atom. The van der Waals surface area contributed by atoms with Crippen molar-refractivity contribution >= 4 is 11.9 Å². The number of amides is 1. The number of rotatable bonds is 5. The van der Waals surface area contributed by atoms with Gasteiger partial charge in [-0.2, -0.15) is 0 Å². The summed E-state index contributed by atoms with van der Waals surface area (Å²) in [5.74, 6) is -1.34. The molecule has 0 aliphatic heterocycles. The van der Waals surface area contributed by atoms with E-state index in [4.69, 9.17) is 10.2 Å². The third-order valence-electron chi connectivity index (χ3n) is 3.57. The number of carboxylic acid groups (broad SMARTS) is 1. The number of hydrogen-bond donors (Lipinski definition) is 2. The highest BCUT2D eigenvalue weighted by molar-refractivity contribution is 6.01. The molecule has 1 amide bonds. The third kappa shape index (κ3) is 3.32. The van der Waals surface area contributed by atoms with E-state index in [1.807, 2.05) is 0 Å². The molecule has 102 valence electrons. The highest BCUT2D eigenvalue weighted by Gasteiger charge is 2.28. The van der Waals surface area contributed by atoms with Crippen LogP contribution >= 0.6 is 0 Å². The molecular formula is C13H21NO4. The Hall–Kier alpha value is -1.36. The summed E-state index contributed by atoms with van der Waals surface area (Å²) in [6, 6.07) is 0.140. The fourth-order valence-corrected chi connectivity index (χ4v) is 2.31. The van der Waals surface area contributed by atoms with E-state index in [1.165, 1.54) is 13.8 Å². The number of carbonyl (C=O) groups excluding carboxylic acids is 1. The van der Waals surface area contributed by atoms with Gasteiger partial charge in [0.1, 0.15) is 0 Å². The first-order valence-electron chi connectivity index (χ1n) is 6.31. The second-order valence-corrected chi connectivity index (χ2v) is 4.72. The minimum absolute atomic E-state index is 0.0703. The predicted octanol–water partition coefficient (Wildman–Crippen LogP) is 1.17. The summed E-state index contributed by atoms with van der Waals surface area (Å²) in [6.07, 6.45) is 4.04. The van der Waals surface area contributed by atoms with Crippen LogP contribution < -0.4 is 0 Å². The van der Waals surface area contributed by atoms with Crippen LogP contribution in [0.25, 0.3) is 0 Å². The highest BCUT2D eigenvalue weighted by atomic mass is 16.4. The van der Waals surface area contributed by atoms with E-state index in [0.29, 0.717) is 0 Å². The molecule has 1 aliphatic rings. The molecule has 0 spiro atoms. The van der Waals surface area contributed by atoms with Gasteiger partial charge in [0.2, 0.25) is 5.91 Å². The van der Waals surface area contributed by atoms with Gasteiger partial charge in [-0.3, -0.25) is 4.79 Å². The molecular weight excluding hydrogens is 234 g/mol. The number of aliphatic hydroxyl groups is 1. The molecule has 1 fully saturated rings. The molecule has 2 N–H and O–H groups in total. The lowest BCUT2D eigenvalue weighted by atomic mass is 10.1. The summed E-state index contributed by atoms with van der Waals surface area (Å²) < 4.78 is 0. The van der Waals surface area contributed by atoms with Gasteiger partial charge in [-0.05, 0) is 26.7 Å². The molecule has 18 heavy (non-hydrogen) atoms. The van der Waals surface area contributed by atoms with Gasteiger partial charge in [-0.15, -0.1) is 0 Å². The summed E-state index contributed by atoms with van der Waals surface area (Å²) in [5, 5.41) is 17.9. The lowest BCUT2D eigenvalue weighted by Crippen LogP contribution is -2.41. The maximum atomic E-state index is 12.3. The Kier molecular flexibility index (Phi) is 5.34. The number of nitrogens with zero attached hydrogens (tertiary/aromatic N) is 1. The standard InChI is InChI=1S/C13H21NO4/c1-9(10(2)13(17)18)12(16)14(7-8-15)11-5-3-4-6-11/h11,15H,3-8H2,1-2H3,(H,17,18). The largest absolute Gasteiger partial charge is 0.478 e. The molecule has 5 nitrogen and oxygen atoms in total. The van der Waals surface area contributed by atoms with Crippen LogP contribution in [0.5, 0.6) is 0 Å². The minimum Gasteiger partial charge on any atom is -0.478 e. The Morgan fingerprint density at radius 3 is 2.17 bits per heavy atom. The van der Waals surface area contributed by atoms with Gasteiger partial charge in [-0.1, -0.05) is 12.8 Å². The van der Waals surface area contributed by atoms with Gasteiger partial charge < -0.3 is 15.1 Å². The first kappa shape index (κ1) is 14.7. The molecule has 0 saturated heterocycles. The van der Waals surface area contributed by atoms with Gasteiger partial charge in [0.25, 0.3) is 0 Å². The van der Waals surface area contributed by atoms with Crippen molar-refractivity contribution in [2.45, 2.75) is 45.6 Å². The van der Waals surface area contributed by atoms with Crippen LogP contribution in [0.15, 0.2) is 11.1 Å². The zero-order valence-corrected chi connectivity index (χ0v) is 11.0. The van der Waals surface area contributed by atoms with Crippen LogP contribution in [0, 0.1) is 0 Å². The molecule has 5 heteroatoms. The van der Waals surface area contributed by atoms with Crippen molar-refractivity contribution in [3.63, 3.8) is 0 Å². The van der Waals surface area contributed by atoms with Crippen LogP contribution in [-0.2, 0) is 9.59 Å². The summed E-state index contributed by atoms with van der Waals surface area (Å²) in [5.41, 5.74) is 0.323. The van der Waals surface area contributed by atoms with Crippen LogP contribution in [-0.4, -0.2) is 46.2 Å². The average molecular weight is 255 g/mol. The quantitative estimate of drug-likeness (QED) is 0.723. The molecule has 0 heterocycles. The SMILES string of the molecule is CC(C(=O)O)=C(C)C(=O)N(CCO)C1CCCC1. The summed E-state index contributed by atoms with van der Waals surface area (Å²) in [6.45, 7) is 3.14. The van der Waals surface area contributed by atoms with E-state index < -0.39 is 5.97 Å². The van der Waals surface area contributed by atoms with Gasteiger partial charge >= 0.3 is 5.97 Å². The van der Waals surface area contributed by atoms with Gasteiger partial charge in [0, 0.05) is 23.7 Å². The number of carboxylic acids is 1. The average Bonchev–Trinajstić information content (AvgIpc) is 2.86. The highest BCUT2D eigenvalue weighted by Crippen LogP contribution is 2.25. The third-order valence-corrected chi connectivity index (χ3v) is 3.57. The molecule has 0 radical (unpaired) electrons. The zero-order valence-electron chi connectivity index (χ0n) is 11.0. The van der Waals surface area contributed by atoms with E-state index in [1.54, 1.807) is 4.90 Å². The van der Waals surface area contributed by atoms with Crippen molar-refractivity contribution in [1.82, 2.24) is 4.90 Å². The summed E-state index contributed by atoms with van der Waals surface area (Å²) in [7, 11) is 0.